The maximum Gasteiger partial charge on any atom is 0.242 e. The second-order valence-corrected chi connectivity index (χ2v) is 6.91. The van der Waals surface area contributed by atoms with Gasteiger partial charge >= 0.3 is 0 Å². The molecule has 6 nitrogen and oxygen atoms in total. The number of aromatic nitrogens is 3. The number of aryl methyl sites for hydroxylation is 3. The molecule has 2 atom stereocenters. The van der Waals surface area contributed by atoms with Crippen LogP contribution in [0.4, 0.5) is 0 Å². The number of fused-ring (bicyclic) bond motifs is 1. The van der Waals surface area contributed by atoms with E-state index in [0.717, 1.165) is 40.3 Å². The van der Waals surface area contributed by atoms with Crippen LogP contribution in [0.25, 0.3) is 11.0 Å². The molecule has 2 aromatic heterocycles. The molecule has 3 rings (SSSR count). The lowest BCUT2D eigenvalue weighted by Crippen LogP contribution is -2.26. The Labute approximate surface area is 142 Å². The van der Waals surface area contributed by atoms with Gasteiger partial charge < -0.3 is 10.1 Å². The van der Waals surface area contributed by atoms with Gasteiger partial charge in [0.25, 0.3) is 0 Å². The summed E-state index contributed by atoms with van der Waals surface area (Å²) < 4.78 is 7.12. The number of hydrogen-bond acceptors (Lipinski definition) is 4. The van der Waals surface area contributed by atoms with Crippen LogP contribution >= 0.6 is 0 Å². The number of rotatable bonds is 6. The molecule has 1 N–H and O–H groups in total. The summed E-state index contributed by atoms with van der Waals surface area (Å²) in [5, 5.41) is 8.35. The zero-order valence-corrected chi connectivity index (χ0v) is 15.1. The minimum Gasteiger partial charge on any atom is -0.479 e. The summed E-state index contributed by atoms with van der Waals surface area (Å²) in [6.07, 6.45) is 2.41. The van der Waals surface area contributed by atoms with E-state index in [1.54, 1.807) is 11.8 Å². The van der Waals surface area contributed by atoms with Crippen LogP contribution in [0.1, 0.15) is 36.6 Å². The first-order valence-electron chi connectivity index (χ1n) is 8.55. The highest BCUT2D eigenvalue weighted by atomic mass is 16.5. The Balaban J connectivity index is 1.75. The molecule has 0 saturated heterocycles. The van der Waals surface area contributed by atoms with E-state index in [-0.39, 0.29) is 5.91 Å². The Morgan fingerprint density at radius 3 is 2.75 bits per heavy atom. The molecular weight excluding hydrogens is 304 g/mol. The number of methoxy groups -OCH3 is 1. The fourth-order valence-corrected chi connectivity index (χ4v) is 3.36. The third-order valence-corrected chi connectivity index (χ3v) is 5.16. The molecule has 6 heteroatoms. The Bertz CT molecular complexity index is 781. The highest BCUT2D eigenvalue weighted by Crippen LogP contribution is 2.36. The number of amides is 1. The quantitative estimate of drug-likeness (QED) is 0.882. The number of pyridine rings is 1. The van der Waals surface area contributed by atoms with Crippen molar-refractivity contribution in [2.45, 2.75) is 40.0 Å². The Morgan fingerprint density at radius 2 is 2.12 bits per heavy atom. The molecular formula is C18H26N4O2. The van der Waals surface area contributed by atoms with Gasteiger partial charge in [-0.3, -0.25) is 4.79 Å². The van der Waals surface area contributed by atoms with Crippen LogP contribution in [0.3, 0.4) is 0 Å². The SMILES string of the molecule is COc1nn(C)c2nc(C)c(CCC(=O)NC[C@H]3C[C@@H]3C)c(C)c12. The number of ether oxygens (including phenoxy) is 1. The molecule has 0 aliphatic heterocycles. The van der Waals surface area contributed by atoms with Crippen LogP contribution in [-0.2, 0) is 18.3 Å². The lowest BCUT2D eigenvalue weighted by molar-refractivity contribution is -0.121. The smallest absolute Gasteiger partial charge is 0.242 e. The van der Waals surface area contributed by atoms with Gasteiger partial charge in [0.05, 0.1) is 12.5 Å². The van der Waals surface area contributed by atoms with Crippen molar-refractivity contribution < 1.29 is 9.53 Å². The summed E-state index contributed by atoms with van der Waals surface area (Å²) in [5.41, 5.74) is 3.99. The average molecular weight is 330 g/mol. The van der Waals surface area contributed by atoms with Gasteiger partial charge in [0, 0.05) is 25.7 Å². The molecule has 1 amide bonds. The lowest BCUT2D eigenvalue weighted by atomic mass is 10.00. The van der Waals surface area contributed by atoms with Crippen LogP contribution in [0, 0.1) is 25.7 Å². The number of nitrogens with zero attached hydrogens (tertiary/aromatic N) is 3. The maximum absolute atomic E-state index is 12.1. The molecule has 24 heavy (non-hydrogen) atoms. The van der Waals surface area contributed by atoms with Crippen molar-refractivity contribution >= 4 is 16.9 Å². The molecule has 130 valence electrons. The van der Waals surface area contributed by atoms with Gasteiger partial charge in [-0.05, 0) is 49.7 Å². The largest absolute Gasteiger partial charge is 0.479 e. The summed E-state index contributed by atoms with van der Waals surface area (Å²) in [4.78, 5) is 16.8. The zero-order valence-electron chi connectivity index (χ0n) is 15.1. The molecule has 1 aliphatic carbocycles. The summed E-state index contributed by atoms with van der Waals surface area (Å²) in [6, 6.07) is 0. The number of carbonyl (C=O) groups is 1. The highest BCUT2D eigenvalue weighted by Gasteiger charge is 2.32. The second-order valence-electron chi connectivity index (χ2n) is 6.91. The molecule has 0 spiro atoms. The van der Waals surface area contributed by atoms with E-state index >= 15 is 0 Å². The van der Waals surface area contributed by atoms with Crippen LogP contribution < -0.4 is 10.1 Å². The van der Waals surface area contributed by atoms with Crippen molar-refractivity contribution in [3.63, 3.8) is 0 Å². The van der Waals surface area contributed by atoms with Crippen LogP contribution in [0.15, 0.2) is 0 Å². The normalized spacial score (nSPS) is 19.5. The Kier molecular flexibility index (Phi) is 4.47. The summed E-state index contributed by atoms with van der Waals surface area (Å²) in [5.74, 6) is 2.15. The second kappa shape index (κ2) is 6.42. The van der Waals surface area contributed by atoms with E-state index in [4.69, 9.17) is 4.74 Å². The maximum atomic E-state index is 12.1. The van der Waals surface area contributed by atoms with Gasteiger partial charge in [-0.2, -0.15) is 0 Å². The van der Waals surface area contributed by atoms with Gasteiger partial charge in [0.2, 0.25) is 11.8 Å². The van der Waals surface area contributed by atoms with Crippen molar-refractivity contribution in [1.82, 2.24) is 20.1 Å². The van der Waals surface area contributed by atoms with E-state index in [9.17, 15) is 4.79 Å². The standard InChI is InChI=1S/C18H26N4O2/c1-10-8-13(10)9-19-15(23)7-6-14-11(2)16-17(20-12(14)3)22(4)21-18(16)24-5/h10,13H,6-9H2,1-5H3,(H,19,23)/t10-,13+/m0/s1. The number of carbonyl (C=O) groups excluding carboxylic acids is 1. The lowest BCUT2D eigenvalue weighted by Gasteiger charge is -2.11. The molecule has 0 aromatic carbocycles. The fourth-order valence-electron chi connectivity index (χ4n) is 3.36. The first-order valence-corrected chi connectivity index (χ1v) is 8.55. The zero-order chi connectivity index (χ0) is 17.4. The van der Waals surface area contributed by atoms with E-state index < -0.39 is 0 Å². The van der Waals surface area contributed by atoms with Crippen LogP contribution in [0.2, 0.25) is 0 Å². The molecule has 2 aromatic rings. The van der Waals surface area contributed by atoms with Gasteiger partial charge in [-0.25, -0.2) is 9.67 Å². The third-order valence-electron chi connectivity index (χ3n) is 5.16. The molecule has 1 saturated carbocycles. The van der Waals surface area contributed by atoms with Crippen LogP contribution in [-0.4, -0.2) is 34.3 Å². The molecule has 2 heterocycles. The summed E-state index contributed by atoms with van der Waals surface area (Å²) in [6.45, 7) is 7.09. The Morgan fingerprint density at radius 1 is 1.42 bits per heavy atom. The molecule has 1 aliphatic rings. The van der Waals surface area contributed by atoms with Crippen molar-refractivity contribution in [3.8, 4) is 5.88 Å². The van der Waals surface area contributed by atoms with Crippen molar-refractivity contribution in [2.75, 3.05) is 13.7 Å². The minimum absolute atomic E-state index is 0.117. The summed E-state index contributed by atoms with van der Waals surface area (Å²) in [7, 11) is 3.48. The van der Waals surface area contributed by atoms with E-state index in [2.05, 4.69) is 29.2 Å². The molecule has 0 unspecified atom stereocenters. The van der Waals surface area contributed by atoms with Gasteiger partial charge in [0.1, 0.15) is 0 Å². The molecule has 0 bridgehead atoms. The van der Waals surface area contributed by atoms with Crippen molar-refractivity contribution in [2.24, 2.45) is 18.9 Å². The van der Waals surface area contributed by atoms with Crippen molar-refractivity contribution in [1.29, 1.82) is 0 Å². The topological polar surface area (TPSA) is 69.0 Å². The predicted molar refractivity (Wildman–Crippen MR) is 93.1 cm³/mol. The monoisotopic (exact) mass is 330 g/mol. The average Bonchev–Trinajstić information content (AvgIpc) is 3.16. The first kappa shape index (κ1) is 16.7. The van der Waals surface area contributed by atoms with Crippen molar-refractivity contribution in [3.05, 3.63) is 16.8 Å². The van der Waals surface area contributed by atoms with Gasteiger partial charge in [-0.15, -0.1) is 5.10 Å². The highest BCUT2D eigenvalue weighted by molar-refractivity contribution is 5.86. The van der Waals surface area contributed by atoms with E-state index in [0.29, 0.717) is 24.6 Å². The van der Waals surface area contributed by atoms with Crippen LogP contribution in [0.5, 0.6) is 5.88 Å². The first-order chi connectivity index (χ1) is 11.4. The molecule has 1 fully saturated rings. The fraction of sp³-hybridized carbons (Fsp3) is 0.611. The third kappa shape index (κ3) is 3.09. The minimum atomic E-state index is 0.117. The van der Waals surface area contributed by atoms with E-state index in [1.165, 1.54) is 6.42 Å². The van der Waals surface area contributed by atoms with Gasteiger partial charge in [0.15, 0.2) is 5.65 Å². The van der Waals surface area contributed by atoms with Gasteiger partial charge in [-0.1, -0.05) is 6.92 Å². The number of nitrogens with one attached hydrogen (secondary N) is 1. The predicted octanol–water partition coefficient (Wildman–Crippen LogP) is 2.30. The number of hydrogen-bond donors (Lipinski definition) is 1. The molecule has 0 radical (unpaired) electrons. The van der Waals surface area contributed by atoms with E-state index in [1.807, 2.05) is 14.0 Å². The summed E-state index contributed by atoms with van der Waals surface area (Å²) >= 11 is 0. The Hall–Kier alpha value is -2.11.